The van der Waals surface area contributed by atoms with Gasteiger partial charge in [-0.25, -0.2) is 9.97 Å². The molecule has 0 unspecified atom stereocenters. The minimum atomic E-state index is -0.463. The zero-order valence-corrected chi connectivity index (χ0v) is 21.8. The summed E-state index contributed by atoms with van der Waals surface area (Å²) in [6, 6.07) is 9.60. The Morgan fingerprint density at radius 1 is 1.00 bits per heavy atom. The van der Waals surface area contributed by atoms with E-state index in [1.807, 2.05) is 35.2 Å². The van der Waals surface area contributed by atoms with Crippen LogP contribution < -0.4 is 16.0 Å². The molecule has 3 N–H and O–H groups in total. The highest BCUT2D eigenvalue weighted by Gasteiger charge is 2.21. The monoisotopic (exact) mass is 526 g/mol. The second-order valence-corrected chi connectivity index (χ2v) is 9.55. The van der Waals surface area contributed by atoms with Gasteiger partial charge in [0.1, 0.15) is 0 Å². The quantitative estimate of drug-likeness (QED) is 0.439. The minimum Gasteiger partial charge on any atom is -0.382 e. The second kappa shape index (κ2) is 12.2. The Bertz CT molecular complexity index is 1310. The maximum Gasteiger partial charge on any atom is 0.278 e. The van der Waals surface area contributed by atoms with E-state index in [-0.39, 0.29) is 17.4 Å². The molecule has 2 aromatic heterocycles. The van der Waals surface area contributed by atoms with Gasteiger partial charge in [0.25, 0.3) is 5.91 Å². The average molecular weight is 526 g/mol. The van der Waals surface area contributed by atoms with Crippen molar-refractivity contribution in [1.82, 2.24) is 24.7 Å². The van der Waals surface area contributed by atoms with E-state index in [2.05, 4.69) is 25.2 Å². The van der Waals surface area contributed by atoms with E-state index in [0.29, 0.717) is 63.6 Å². The number of hydrogen-bond acceptors (Lipinski definition) is 9. The summed E-state index contributed by atoms with van der Waals surface area (Å²) in [6.07, 6.45) is 5.93. The van der Waals surface area contributed by atoms with Crippen LogP contribution in [0, 0.1) is 0 Å². The molecule has 5 rings (SSSR count). The van der Waals surface area contributed by atoms with Crippen LogP contribution in [-0.4, -0.2) is 96.9 Å². The molecule has 200 valence electrons. The summed E-state index contributed by atoms with van der Waals surface area (Å²) in [5.41, 5.74) is 9.87. The molecule has 0 spiro atoms. The highest BCUT2D eigenvalue weighted by atomic mass is 16.5. The Balaban J connectivity index is 1.24. The van der Waals surface area contributed by atoms with Gasteiger partial charge in [-0.05, 0) is 18.1 Å². The summed E-state index contributed by atoms with van der Waals surface area (Å²) >= 11 is 0. The lowest BCUT2D eigenvalue weighted by Gasteiger charge is -2.33. The largest absolute Gasteiger partial charge is 0.382 e. The maximum atomic E-state index is 13.2. The number of pyridine rings is 1. The molecule has 3 aromatic rings. The van der Waals surface area contributed by atoms with Crippen molar-refractivity contribution in [3.63, 3.8) is 0 Å². The number of ether oxygens (including phenoxy) is 1. The van der Waals surface area contributed by atoms with Crippen molar-refractivity contribution in [3.05, 3.63) is 60.2 Å². The molecule has 11 nitrogen and oxygen atoms in total. The van der Waals surface area contributed by atoms with Gasteiger partial charge in [0, 0.05) is 57.4 Å². The van der Waals surface area contributed by atoms with E-state index in [1.165, 1.54) is 0 Å². The summed E-state index contributed by atoms with van der Waals surface area (Å²) in [4.78, 5) is 44.4. The number of nitrogens with one attached hydrogen (secondary N) is 1. The number of carbonyl (C=O) groups is 2. The third-order valence-corrected chi connectivity index (χ3v) is 6.96. The number of amides is 2. The van der Waals surface area contributed by atoms with Gasteiger partial charge in [-0.1, -0.05) is 24.3 Å². The first-order valence-corrected chi connectivity index (χ1v) is 13.1. The number of nitrogens with two attached hydrogens (primary N) is 1. The lowest BCUT2D eigenvalue weighted by atomic mass is 10.0. The maximum absolute atomic E-state index is 13.2. The first-order chi connectivity index (χ1) is 19.0. The molecular weight excluding hydrogens is 495 g/mol. The van der Waals surface area contributed by atoms with Crippen molar-refractivity contribution < 1.29 is 14.3 Å². The molecule has 12 heteroatoms. The number of piperazine rings is 1. The van der Waals surface area contributed by atoms with Gasteiger partial charge in [0.05, 0.1) is 42.7 Å². The van der Waals surface area contributed by atoms with Crippen molar-refractivity contribution in [2.75, 3.05) is 68.4 Å². The molecule has 0 saturated carbocycles. The van der Waals surface area contributed by atoms with E-state index in [4.69, 9.17) is 18.5 Å². The van der Waals surface area contributed by atoms with Crippen molar-refractivity contribution in [2.24, 2.45) is 0 Å². The molecule has 2 aliphatic heterocycles. The molecule has 0 atom stereocenters. The highest BCUT2D eigenvalue weighted by Crippen LogP contribution is 2.27. The predicted octanol–water partition coefficient (Wildman–Crippen LogP) is 1.37. The summed E-state index contributed by atoms with van der Waals surface area (Å²) in [5.74, 6) is -0.286. The van der Waals surface area contributed by atoms with E-state index in [1.54, 1.807) is 23.4 Å². The molecule has 2 amide bonds. The fourth-order valence-corrected chi connectivity index (χ4v) is 4.67. The molecule has 0 bridgehead atoms. The third kappa shape index (κ3) is 6.52. The van der Waals surface area contributed by atoms with Crippen molar-refractivity contribution in [3.8, 4) is 11.3 Å². The first kappa shape index (κ1) is 26.6. The van der Waals surface area contributed by atoms with Crippen LogP contribution in [0.25, 0.3) is 11.3 Å². The van der Waals surface area contributed by atoms with E-state index < -0.39 is 5.91 Å². The Labute approximate surface area is 228 Å². The van der Waals surface area contributed by atoms with Crippen LogP contribution >= 0.6 is 0 Å². The van der Waals surface area contributed by atoms with Gasteiger partial charge in [0.2, 0.25) is 5.91 Å². The van der Waals surface area contributed by atoms with Crippen LogP contribution in [0.5, 0.6) is 0 Å². The Morgan fingerprint density at radius 2 is 1.74 bits per heavy atom. The fourth-order valence-electron chi connectivity index (χ4n) is 4.67. The SMILES string of the molecule is [B]N1CCN(C(=O)CCc2ccc(-c3cnc(N)c(C(=O)Nc4cnccc4N4CCOCC4)n3)cc2)CC1. The molecule has 2 aliphatic rings. The standard InChI is InChI=1S/C27H31BN8O3/c28-36-11-9-35(10-12-36)24(37)6-3-19-1-4-20(5-2-19)21-18-31-26(29)25(32-21)27(38)33-22-17-30-8-7-23(22)34-13-15-39-16-14-34/h1-2,4-5,7-8,17-18H,3,6,9-16H2,(H2,29,31)(H,33,38). The number of carbonyl (C=O) groups excluding carboxylic acids is 2. The number of morpholine rings is 1. The number of aryl methyl sites for hydroxylation is 1. The van der Waals surface area contributed by atoms with Crippen LogP contribution in [-0.2, 0) is 16.0 Å². The number of aromatic nitrogens is 3. The molecule has 39 heavy (non-hydrogen) atoms. The van der Waals surface area contributed by atoms with Crippen molar-refractivity contribution >= 4 is 37.0 Å². The number of rotatable bonds is 7. The normalized spacial score (nSPS) is 16.2. The van der Waals surface area contributed by atoms with Crippen LogP contribution in [0.4, 0.5) is 17.2 Å². The summed E-state index contributed by atoms with van der Waals surface area (Å²) in [5, 5.41) is 2.90. The topological polar surface area (TPSA) is 130 Å². The number of nitrogen functional groups attached to an aromatic ring is 1. The number of benzene rings is 1. The summed E-state index contributed by atoms with van der Waals surface area (Å²) < 4.78 is 5.44. The van der Waals surface area contributed by atoms with Crippen LogP contribution in [0.2, 0.25) is 0 Å². The Hall–Kier alpha value is -4.03. The van der Waals surface area contributed by atoms with Gasteiger partial charge in [-0.3, -0.25) is 14.6 Å². The van der Waals surface area contributed by atoms with Crippen molar-refractivity contribution in [1.29, 1.82) is 0 Å². The van der Waals surface area contributed by atoms with Gasteiger partial charge in [-0.2, -0.15) is 0 Å². The molecule has 0 aliphatic carbocycles. The molecule has 2 radical (unpaired) electrons. The van der Waals surface area contributed by atoms with Gasteiger partial charge in [0.15, 0.2) is 19.5 Å². The van der Waals surface area contributed by atoms with Gasteiger partial charge >= 0.3 is 0 Å². The third-order valence-electron chi connectivity index (χ3n) is 6.96. The molecular formula is C27H31BN8O3. The summed E-state index contributed by atoms with van der Waals surface area (Å²) in [7, 11) is 5.78. The van der Waals surface area contributed by atoms with Crippen molar-refractivity contribution in [2.45, 2.75) is 12.8 Å². The zero-order chi connectivity index (χ0) is 27.2. The molecule has 4 heterocycles. The Kier molecular flexibility index (Phi) is 8.33. The molecule has 1 aromatic carbocycles. The lowest BCUT2D eigenvalue weighted by molar-refractivity contribution is -0.132. The van der Waals surface area contributed by atoms with Gasteiger partial charge in [-0.15, -0.1) is 0 Å². The van der Waals surface area contributed by atoms with Crippen LogP contribution in [0.15, 0.2) is 48.9 Å². The number of anilines is 3. The average Bonchev–Trinajstić information content (AvgIpc) is 2.97. The van der Waals surface area contributed by atoms with Crippen LogP contribution in [0.1, 0.15) is 22.5 Å². The second-order valence-electron chi connectivity index (χ2n) is 9.55. The van der Waals surface area contributed by atoms with E-state index in [0.717, 1.165) is 29.9 Å². The molecule has 2 fully saturated rings. The fraction of sp³-hybridized carbons (Fsp3) is 0.370. The van der Waals surface area contributed by atoms with Crippen LogP contribution in [0.3, 0.4) is 0 Å². The minimum absolute atomic E-state index is 0.0385. The summed E-state index contributed by atoms with van der Waals surface area (Å²) in [6.45, 7) is 5.40. The molecule has 2 saturated heterocycles. The van der Waals surface area contributed by atoms with E-state index in [9.17, 15) is 9.59 Å². The van der Waals surface area contributed by atoms with Gasteiger partial charge < -0.3 is 30.4 Å². The predicted molar refractivity (Wildman–Crippen MR) is 149 cm³/mol. The highest BCUT2D eigenvalue weighted by molar-refractivity contribution is 6.07. The Morgan fingerprint density at radius 3 is 2.49 bits per heavy atom. The van der Waals surface area contributed by atoms with E-state index >= 15 is 0 Å². The zero-order valence-electron chi connectivity index (χ0n) is 21.8. The number of hydrogen-bond donors (Lipinski definition) is 2. The first-order valence-electron chi connectivity index (χ1n) is 13.1. The number of nitrogens with zero attached hydrogens (tertiary/aromatic N) is 6. The lowest BCUT2D eigenvalue weighted by Crippen LogP contribution is -2.47. The smallest absolute Gasteiger partial charge is 0.278 e.